The van der Waals surface area contributed by atoms with Crippen LogP contribution in [-0.4, -0.2) is 21.0 Å². The normalized spacial score (nSPS) is 12.2. The molecule has 120 valence electrons. The summed E-state index contributed by atoms with van der Waals surface area (Å²) < 4.78 is -1.84. The summed E-state index contributed by atoms with van der Waals surface area (Å²) in [6.45, 7) is 3.31. The number of nitrogens with one attached hydrogen (secondary N) is 3. The van der Waals surface area contributed by atoms with Crippen LogP contribution in [0.4, 0.5) is 5.69 Å². The standard InChI is InChI=1S/C12H10Cl5N3OS/c1-2-9(21)19-10(12(15,16)17)20-11(22)18-8-5-6(13)3-4-7(8)14/h2-5,10H,1H2,(H,19,21)(H2,18,20,22). The Morgan fingerprint density at radius 3 is 2.45 bits per heavy atom. The van der Waals surface area contributed by atoms with Crippen molar-refractivity contribution in [2.75, 3.05) is 5.32 Å². The molecule has 1 amide bonds. The SMILES string of the molecule is C=CC(=O)NC(NC(=S)Nc1cc(Cl)ccc1Cl)C(Cl)(Cl)Cl. The average Bonchev–Trinajstić information content (AvgIpc) is 2.41. The molecule has 0 aromatic heterocycles. The molecule has 0 spiro atoms. The van der Waals surface area contributed by atoms with E-state index in [1.807, 2.05) is 0 Å². The molecule has 1 unspecified atom stereocenters. The number of anilines is 1. The quantitative estimate of drug-likeness (QED) is 0.294. The minimum atomic E-state index is -1.84. The molecule has 1 rings (SSSR count). The second kappa shape index (κ2) is 8.43. The van der Waals surface area contributed by atoms with Crippen molar-refractivity contribution < 1.29 is 4.79 Å². The van der Waals surface area contributed by atoms with E-state index in [9.17, 15) is 4.79 Å². The van der Waals surface area contributed by atoms with Crippen LogP contribution in [0.15, 0.2) is 30.9 Å². The molecule has 3 N–H and O–H groups in total. The van der Waals surface area contributed by atoms with Crippen molar-refractivity contribution >= 4 is 86.9 Å². The maximum absolute atomic E-state index is 11.4. The van der Waals surface area contributed by atoms with E-state index in [4.69, 9.17) is 70.2 Å². The fourth-order valence-electron chi connectivity index (χ4n) is 1.28. The van der Waals surface area contributed by atoms with E-state index in [-0.39, 0.29) is 5.11 Å². The third-order valence-corrected chi connectivity index (χ3v) is 3.69. The first-order chi connectivity index (χ1) is 10.1. The zero-order valence-electron chi connectivity index (χ0n) is 10.8. The van der Waals surface area contributed by atoms with Crippen molar-refractivity contribution in [3.05, 3.63) is 40.9 Å². The Morgan fingerprint density at radius 2 is 1.91 bits per heavy atom. The third-order valence-electron chi connectivity index (χ3n) is 2.25. The summed E-state index contributed by atoms with van der Waals surface area (Å²) >= 11 is 34.3. The van der Waals surface area contributed by atoms with Crippen LogP contribution in [-0.2, 0) is 4.79 Å². The fourth-order valence-corrected chi connectivity index (χ4v) is 2.18. The van der Waals surface area contributed by atoms with Crippen LogP contribution >= 0.6 is 70.2 Å². The number of halogens is 5. The highest BCUT2D eigenvalue weighted by molar-refractivity contribution is 7.80. The van der Waals surface area contributed by atoms with Crippen molar-refractivity contribution in [1.82, 2.24) is 10.6 Å². The number of hydrogen-bond acceptors (Lipinski definition) is 2. The van der Waals surface area contributed by atoms with E-state index in [2.05, 4.69) is 22.5 Å². The van der Waals surface area contributed by atoms with Crippen molar-refractivity contribution in [2.24, 2.45) is 0 Å². The summed E-state index contributed by atoms with van der Waals surface area (Å²) in [7, 11) is 0. The molecule has 0 fully saturated rings. The van der Waals surface area contributed by atoms with Gasteiger partial charge in [-0.1, -0.05) is 64.6 Å². The monoisotopic (exact) mass is 419 g/mol. The van der Waals surface area contributed by atoms with Gasteiger partial charge in [0.1, 0.15) is 6.17 Å². The van der Waals surface area contributed by atoms with Gasteiger partial charge in [-0.05, 0) is 36.5 Å². The maximum Gasteiger partial charge on any atom is 0.245 e. The molecule has 4 nitrogen and oxygen atoms in total. The smallest absolute Gasteiger partial charge is 0.245 e. The van der Waals surface area contributed by atoms with Gasteiger partial charge in [-0.25, -0.2) is 0 Å². The molecule has 0 heterocycles. The number of benzene rings is 1. The highest BCUT2D eigenvalue weighted by atomic mass is 35.6. The van der Waals surface area contributed by atoms with Gasteiger partial charge in [0.05, 0.1) is 10.7 Å². The predicted molar refractivity (Wildman–Crippen MR) is 98.2 cm³/mol. The molecule has 1 aromatic rings. The van der Waals surface area contributed by atoms with E-state index in [1.165, 1.54) is 0 Å². The molecule has 1 atom stereocenters. The van der Waals surface area contributed by atoms with Crippen LogP contribution in [0.25, 0.3) is 0 Å². The van der Waals surface area contributed by atoms with E-state index < -0.39 is 15.9 Å². The van der Waals surface area contributed by atoms with E-state index in [1.54, 1.807) is 18.2 Å². The molecule has 0 aliphatic rings. The molecule has 1 aromatic carbocycles. The Labute approximate surface area is 158 Å². The molecule has 10 heteroatoms. The van der Waals surface area contributed by atoms with Crippen LogP contribution in [0.5, 0.6) is 0 Å². The number of rotatable bonds is 4. The van der Waals surface area contributed by atoms with Gasteiger partial charge in [-0.2, -0.15) is 0 Å². The summed E-state index contributed by atoms with van der Waals surface area (Å²) in [5.41, 5.74) is 0.463. The van der Waals surface area contributed by atoms with Crippen LogP contribution in [0, 0.1) is 0 Å². The number of alkyl halides is 3. The highest BCUT2D eigenvalue weighted by Crippen LogP contribution is 2.29. The largest absolute Gasteiger partial charge is 0.339 e. The van der Waals surface area contributed by atoms with Gasteiger partial charge in [0.25, 0.3) is 0 Å². The molecule has 0 aliphatic carbocycles. The van der Waals surface area contributed by atoms with Crippen LogP contribution in [0.3, 0.4) is 0 Å². The van der Waals surface area contributed by atoms with Gasteiger partial charge in [0.2, 0.25) is 9.70 Å². The van der Waals surface area contributed by atoms with Gasteiger partial charge < -0.3 is 16.0 Å². The lowest BCUT2D eigenvalue weighted by Gasteiger charge is -2.27. The van der Waals surface area contributed by atoms with Gasteiger partial charge in [-0.15, -0.1) is 0 Å². The van der Waals surface area contributed by atoms with E-state index >= 15 is 0 Å². The van der Waals surface area contributed by atoms with Crippen molar-refractivity contribution in [3.8, 4) is 0 Å². The second-order valence-corrected chi connectivity index (χ2v) is 7.53. The molecule has 0 saturated heterocycles. The van der Waals surface area contributed by atoms with Gasteiger partial charge in [0.15, 0.2) is 5.11 Å². The third kappa shape index (κ3) is 6.36. The van der Waals surface area contributed by atoms with Crippen molar-refractivity contribution in [3.63, 3.8) is 0 Å². The molecule has 0 aliphatic heterocycles. The zero-order valence-corrected chi connectivity index (χ0v) is 15.4. The molecular formula is C12H10Cl5N3OS. The Bertz CT molecular complexity index is 591. The molecule has 0 bridgehead atoms. The van der Waals surface area contributed by atoms with Crippen molar-refractivity contribution in [1.29, 1.82) is 0 Å². The van der Waals surface area contributed by atoms with Crippen LogP contribution in [0.1, 0.15) is 0 Å². The minimum absolute atomic E-state index is 0.0739. The van der Waals surface area contributed by atoms with E-state index in [0.717, 1.165) is 6.08 Å². The second-order valence-electron chi connectivity index (χ2n) is 3.91. The topological polar surface area (TPSA) is 53.2 Å². The molecule has 0 saturated carbocycles. The zero-order chi connectivity index (χ0) is 16.9. The first-order valence-corrected chi connectivity index (χ1v) is 7.95. The minimum Gasteiger partial charge on any atom is -0.339 e. The lowest BCUT2D eigenvalue weighted by atomic mass is 10.3. The molecular weight excluding hydrogens is 411 g/mol. The fraction of sp³-hybridized carbons (Fsp3) is 0.167. The Balaban J connectivity index is 2.81. The Morgan fingerprint density at radius 1 is 1.27 bits per heavy atom. The van der Waals surface area contributed by atoms with Gasteiger partial charge in [-0.3, -0.25) is 4.79 Å². The highest BCUT2D eigenvalue weighted by Gasteiger charge is 2.34. The number of thiocarbonyl (C=S) groups is 1. The average molecular weight is 422 g/mol. The molecule has 0 radical (unpaired) electrons. The first-order valence-electron chi connectivity index (χ1n) is 5.65. The van der Waals surface area contributed by atoms with E-state index in [0.29, 0.717) is 15.7 Å². The summed E-state index contributed by atoms with van der Waals surface area (Å²) in [4.78, 5) is 11.4. The lowest BCUT2D eigenvalue weighted by molar-refractivity contribution is -0.117. The number of carbonyl (C=O) groups is 1. The number of hydrogen-bond donors (Lipinski definition) is 3. The lowest BCUT2D eigenvalue weighted by Crippen LogP contribution is -2.55. The van der Waals surface area contributed by atoms with Gasteiger partial charge in [0, 0.05) is 5.02 Å². The maximum atomic E-state index is 11.4. The summed E-state index contributed by atoms with van der Waals surface area (Å²) in [6.07, 6.45) is -0.0453. The first kappa shape index (κ1) is 19.6. The predicted octanol–water partition coefficient (Wildman–Crippen LogP) is 4.28. The summed E-state index contributed by atoms with van der Waals surface area (Å²) in [5.74, 6) is -0.535. The molecule has 22 heavy (non-hydrogen) atoms. The van der Waals surface area contributed by atoms with Gasteiger partial charge >= 0.3 is 0 Å². The number of carbonyl (C=O) groups excluding carboxylic acids is 1. The summed E-state index contributed by atoms with van der Waals surface area (Å²) in [6, 6.07) is 4.80. The number of amides is 1. The summed E-state index contributed by atoms with van der Waals surface area (Å²) in [5, 5.41) is 8.79. The van der Waals surface area contributed by atoms with Crippen LogP contribution < -0.4 is 16.0 Å². The van der Waals surface area contributed by atoms with Crippen molar-refractivity contribution in [2.45, 2.75) is 9.96 Å². The Kier molecular flexibility index (Phi) is 7.52. The van der Waals surface area contributed by atoms with Crippen LogP contribution in [0.2, 0.25) is 10.0 Å². The Hall–Kier alpha value is -0.430.